The normalized spacial score (nSPS) is 16.1. The molecule has 1 aromatic heterocycles. The number of hydrogen-bond acceptors (Lipinski definition) is 4. The zero-order valence-corrected chi connectivity index (χ0v) is 8.77. The lowest BCUT2D eigenvalue weighted by Gasteiger charge is -2.27. The summed E-state index contributed by atoms with van der Waals surface area (Å²) in [6, 6.07) is 0.417. The average Bonchev–Trinajstić information content (AvgIpc) is 2.46. The quantitative estimate of drug-likeness (QED) is 0.763. The van der Waals surface area contributed by atoms with Crippen LogP contribution in [0.5, 0.6) is 0 Å². The molecule has 1 fully saturated rings. The SMILES string of the molecule is CCOC(=O)c1ncn(C2CCC2)c1N. The first-order valence-corrected chi connectivity index (χ1v) is 5.23. The van der Waals surface area contributed by atoms with Gasteiger partial charge in [0.25, 0.3) is 0 Å². The van der Waals surface area contributed by atoms with Crippen LogP contribution in [-0.2, 0) is 4.74 Å². The molecule has 1 heterocycles. The molecule has 0 aromatic carbocycles. The number of anilines is 1. The molecular weight excluding hydrogens is 194 g/mol. The molecule has 2 N–H and O–H groups in total. The van der Waals surface area contributed by atoms with Crippen LogP contribution in [0.4, 0.5) is 5.82 Å². The molecule has 2 rings (SSSR count). The van der Waals surface area contributed by atoms with E-state index < -0.39 is 5.97 Å². The van der Waals surface area contributed by atoms with E-state index in [0.717, 1.165) is 12.8 Å². The highest BCUT2D eigenvalue weighted by molar-refractivity contribution is 5.92. The van der Waals surface area contributed by atoms with Crippen LogP contribution in [0, 0.1) is 0 Å². The maximum Gasteiger partial charge on any atom is 0.360 e. The van der Waals surface area contributed by atoms with E-state index in [1.165, 1.54) is 6.42 Å². The number of esters is 1. The Morgan fingerprint density at radius 2 is 2.47 bits per heavy atom. The Kier molecular flexibility index (Phi) is 2.62. The minimum absolute atomic E-state index is 0.240. The Morgan fingerprint density at radius 1 is 1.73 bits per heavy atom. The Balaban J connectivity index is 2.19. The second-order valence-corrected chi connectivity index (χ2v) is 3.69. The van der Waals surface area contributed by atoms with E-state index in [1.54, 1.807) is 13.3 Å². The van der Waals surface area contributed by atoms with Gasteiger partial charge < -0.3 is 15.0 Å². The molecule has 1 aromatic rings. The molecule has 1 saturated carbocycles. The van der Waals surface area contributed by atoms with Gasteiger partial charge in [0.05, 0.1) is 12.9 Å². The first kappa shape index (κ1) is 10.0. The molecule has 0 unspecified atom stereocenters. The van der Waals surface area contributed by atoms with Gasteiger partial charge in [0, 0.05) is 6.04 Å². The summed E-state index contributed by atoms with van der Waals surface area (Å²) < 4.78 is 6.73. The van der Waals surface area contributed by atoms with Crippen LogP contribution in [0.15, 0.2) is 6.33 Å². The summed E-state index contributed by atoms with van der Waals surface area (Å²) in [5, 5.41) is 0. The van der Waals surface area contributed by atoms with Gasteiger partial charge in [-0.15, -0.1) is 0 Å². The summed E-state index contributed by atoms with van der Waals surface area (Å²) in [6.45, 7) is 2.10. The van der Waals surface area contributed by atoms with Crippen molar-refractivity contribution in [2.45, 2.75) is 32.2 Å². The molecule has 0 atom stereocenters. The molecule has 0 aliphatic heterocycles. The van der Waals surface area contributed by atoms with Gasteiger partial charge in [-0.2, -0.15) is 0 Å². The highest BCUT2D eigenvalue weighted by Crippen LogP contribution is 2.33. The number of carbonyl (C=O) groups is 1. The van der Waals surface area contributed by atoms with Crippen LogP contribution in [0.3, 0.4) is 0 Å². The molecule has 1 aliphatic carbocycles. The molecule has 0 spiro atoms. The Morgan fingerprint density at radius 3 is 3.00 bits per heavy atom. The molecule has 0 bridgehead atoms. The summed E-state index contributed by atoms with van der Waals surface area (Å²) in [4.78, 5) is 15.4. The summed E-state index contributed by atoms with van der Waals surface area (Å²) in [7, 11) is 0. The largest absolute Gasteiger partial charge is 0.461 e. The molecule has 0 radical (unpaired) electrons. The number of nitrogens with two attached hydrogens (primary N) is 1. The topological polar surface area (TPSA) is 70.1 Å². The van der Waals surface area contributed by atoms with E-state index in [9.17, 15) is 4.79 Å². The molecule has 15 heavy (non-hydrogen) atoms. The number of hydrogen-bond donors (Lipinski definition) is 1. The van der Waals surface area contributed by atoms with Crippen LogP contribution in [0.2, 0.25) is 0 Å². The van der Waals surface area contributed by atoms with E-state index in [4.69, 9.17) is 10.5 Å². The van der Waals surface area contributed by atoms with Crippen LogP contribution >= 0.6 is 0 Å². The number of carbonyl (C=O) groups excluding carboxylic acids is 1. The van der Waals surface area contributed by atoms with Crippen LogP contribution < -0.4 is 5.73 Å². The minimum atomic E-state index is -0.437. The lowest BCUT2D eigenvalue weighted by molar-refractivity contribution is 0.0521. The predicted molar refractivity (Wildman–Crippen MR) is 55.5 cm³/mol. The molecule has 0 saturated heterocycles. The molecule has 0 amide bonds. The van der Waals surface area contributed by atoms with Crippen molar-refractivity contribution in [2.75, 3.05) is 12.3 Å². The summed E-state index contributed by atoms with van der Waals surface area (Å²) in [5.41, 5.74) is 6.08. The summed E-state index contributed by atoms with van der Waals surface area (Å²) in [5.74, 6) is -0.00813. The molecule has 1 aliphatic rings. The zero-order valence-electron chi connectivity index (χ0n) is 8.77. The van der Waals surface area contributed by atoms with Crippen LogP contribution in [-0.4, -0.2) is 22.1 Å². The smallest absolute Gasteiger partial charge is 0.360 e. The third kappa shape index (κ3) is 1.69. The first-order valence-electron chi connectivity index (χ1n) is 5.23. The maximum atomic E-state index is 11.4. The second kappa shape index (κ2) is 3.92. The van der Waals surface area contributed by atoms with Crippen LogP contribution in [0.1, 0.15) is 42.7 Å². The number of rotatable bonds is 3. The Labute approximate surface area is 88.2 Å². The number of ether oxygens (including phenoxy) is 1. The predicted octanol–water partition coefficient (Wildman–Crippen LogP) is 1.37. The van der Waals surface area contributed by atoms with Crippen molar-refractivity contribution >= 4 is 11.8 Å². The number of nitrogens with zero attached hydrogens (tertiary/aromatic N) is 2. The van der Waals surface area contributed by atoms with E-state index in [0.29, 0.717) is 18.5 Å². The lowest BCUT2D eigenvalue weighted by Crippen LogP contribution is -2.18. The van der Waals surface area contributed by atoms with Gasteiger partial charge in [-0.1, -0.05) is 0 Å². The van der Waals surface area contributed by atoms with E-state index >= 15 is 0 Å². The number of nitrogen functional groups attached to an aromatic ring is 1. The molecule has 5 nitrogen and oxygen atoms in total. The fraction of sp³-hybridized carbons (Fsp3) is 0.600. The van der Waals surface area contributed by atoms with Crippen molar-refractivity contribution in [1.29, 1.82) is 0 Å². The number of aromatic nitrogens is 2. The van der Waals surface area contributed by atoms with Gasteiger partial charge in [0.1, 0.15) is 5.82 Å². The van der Waals surface area contributed by atoms with Crippen molar-refractivity contribution in [3.8, 4) is 0 Å². The molecule has 82 valence electrons. The van der Waals surface area contributed by atoms with Crippen LogP contribution in [0.25, 0.3) is 0 Å². The minimum Gasteiger partial charge on any atom is -0.461 e. The van der Waals surface area contributed by atoms with Gasteiger partial charge in [-0.25, -0.2) is 9.78 Å². The van der Waals surface area contributed by atoms with E-state index in [-0.39, 0.29) is 5.69 Å². The maximum absolute atomic E-state index is 11.4. The Hall–Kier alpha value is -1.52. The third-order valence-corrected chi connectivity index (χ3v) is 2.77. The highest BCUT2D eigenvalue weighted by Gasteiger charge is 2.25. The zero-order chi connectivity index (χ0) is 10.8. The Bertz CT molecular complexity index is 369. The molecule has 5 heteroatoms. The second-order valence-electron chi connectivity index (χ2n) is 3.69. The molecular formula is C10H15N3O2. The fourth-order valence-electron chi connectivity index (χ4n) is 1.68. The van der Waals surface area contributed by atoms with Gasteiger partial charge in [-0.3, -0.25) is 0 Å². The standard InChI is InChI=1S/C10H15N3O2/c1-2-15-10(14)8-9(11)13(6-12-8)7-4-3-5-7/h6-7H,2-5,11H2,1H3. The van der Waals surface area contributed by atoms with Gasteiger partial charge in [0.2, 0.25) is 0 Å². The first-order chi connectivity index (χ1) is 7.24. The third-order valence-electron chi connectivity index (χ3n) is 2.77. The van der Waals surface area contributed by atoms with Gasteiger partial charge in [0.15, 0.2) is 5.69 Å². The average molecular weight is 209 g/mol. The van der Waals surface area contributed by atoms with E-state index in [2.05, 4.69) is 4.98 Å². The summed E-state index contributed by atoms with van der Waals surface area (Å²) in [6.07, 6.45) is 5.08. The lowest BCUT2D eigenvalue weighted by atomic mass is 9.93. The fourth-order valence-corrected chi connectivity index (χ4v) is 1.68. The monoisotopic (exact) mass is 209 g/mol. The van der Waals surface area contributed by atoms with Crippen molar-refractivity contribution < 1.29 is 9.53 Å². The van der Waals surface area contributed by atoms with E-state index in [1.807, 2.05) is 4.57 Å². The van der Waals surface area contributed by atoms with Gasteiger partial charge >= 0.3 is 5.97 Å². The summed E-state index contributed by atoms with van der Waals surface area (Å²) >= 11 is 0. The van der Waals surface area contributed by atoms with Crippen molar-refractivity contribution in [1.82, 2.24) is 9.55 Å². The number of imidazole rings is 1. The van der Waals surface area contributed by atoms with Crippen molar-refractivity contribution in [3.63, 3.8) is 0 Å². The van der Waals surface area contributed by atoms with Crippen molar-refractivity contribution in [3.05, 3.63) is 12.0 Å². The van der Waals surface area contributed by atoms with Gasteiger partial charge in [-0.05, 0) is 26.2 Å². The van der Waals surface area contributed by atoms with Crippen molar-refractivity contribution in [2.24, 2.45) is 0 Å². The highest BCUT2D eigenvalue weighted by atomic mass is 16.5.